The van der Waals surface area contributed by atoms with Crippen molar-refractivity contribution in [2.75, 3.05) is 40.9 Å². The minimum absolute atomic E-state index is 0.0642. The van der Waals surface area contributed by atoms with E-state index in [1.54, 1.807) is 0 Å². The third-order valence-electron chi connectivity index (χ3n) is 12.1. The topological polar surface area (TPSA) is 105 Å². The Morgan fingerprint density at radius 1 is 0.507 bits per heavy atom. The number of carbonyl (C=O) groups excluding carboxylic acids is 1. The number of hydrogen-bond donors (Lipinski definition) is 3. The fraction of sp³-hybridized carbons (Fsp3) is 0.717. The predicted molar refractivity (Wildman–Crippen MR) is 299 cm³/mol. The van der Waals surface area contributed by atoms with E-state index < -0.39 is 20.0 Å². The zero-order valence-electron chi connectivity index (χ0n) is 45.3. The average molecular weight is 985 g/mol. The lowest BCUT2D eigenvalue weighted by molar-refractivity contribution is -0.870. The standard InChI is InChI=1S/C60H107N2O6P/c1-6-8-10-12-14-16-18-20-22-24-26-27-28-29-30-31-32-33-34-35-36-38-40-42-44-46-48-50-52-54-60(64)61-58(57-68-69(65,66)67-56-55-62(3,4)5)59(63)53-51-49-47-45-43-41-39-37-25-23-21-19-17-15-13-11-9-7-2/h8,10,14,16,20,22,26-27,29-30,32-33,35-36,40,42,58-59,63H,6-7,9,11-13,15,17-19,21,23-25,28,31,34,37-39,41,43-57H2,1-5H3,(H-,61,64,65,66)/p+1/b10-8-,16-14-,22-20-,27-26-,30-29-,33-32-,36-35-,42-40-. The van der Waals surface area contributed by atoms with Crippen molar-refractivity contribution in [3.8, 4) is 0 Å². The quantitative estimate of drug-likeness (QED) is 0.0243. The minimum Gasteiger partial charge on any atom is -0.391 e. The second-order valence-electron chi connectivity index (χ2n) is 19.9. The second-order valence-corrected chi connectivity index (χ2v) is 21.4. The number of rotatable bonds is 50. The Morgan fingerprint density at radius 2 is 0.870 bits per heavy atom. The molecular weight excluding hydrogens is 876 g/mol. The monoisotopic (exact) mass is 984 g/mol. The number of likely N-dealkylation sites (N-methyl/N-ethyl adjacent to an activating group) is 1. The summed E-state index contributed by atoms with van der Waals surface area (Å²) in [5.74, 6) is -0.171. The number of nitrogens with zero attached hydrogens (tertiary/aromatic N) is 1. The molecule has 398 valence electrons. The summed E-state index contributed by atoms with van der Waals surface area (Å²) in [6.45, 7) is 4.75. The molecule has 0 saturated carbocycles. The fourth-order valence-corrected chi connectivity index (χ4v) is 8.44. The molecule has 0 aliphatic carbocycles. The molecule has 0 saturated heterocycles. The molecule has 1 amide bonds. The number of allylic oxidation sites excluding steroid dienone is 16. The highest BCUT2D eigenvalue weighted by atomic mass is 31.2. The smallest absolute Gasteiger partial charge is 0.391 e. The fourth-order valence-electron chi connectivity index (χ4n) is 7.71. The van der Waals surface area contributed by atoms with Gasteiger partial charge in [-0.25, -0.2) is 4.57 Å². The Bertz CT molecular complexity index is 1440. The van der Waals surface area contributed by atoms with Gasteiger partial charge in [0.2, 0.25) is 5.91 Å². The highest BCUT2D eigenvalue weighted by molar-refractivity contribution is 7.47. The summed E-state index contributed by atoms with van der Waals surface area (Å²) in [4.78, 5) is 23.3. The van der Waals surface area contributed by atoms with Crippen LogP contribution in [0.15, 0.2) is 97.2 Å². The number of aliphatic hydroxyl groups excluding tert-OH is 1. The summed E-state index contributed by atoms with van der Waals surface area (Å²) in [6, 6.07) is -0.782. The molecule has 0 aromatic carbocycles. The Morgan fingerprint density at radius 3 is 1.28 bits per heavy atom. The van der Waals surface area contributed by atoms with Crippen molar-refractivity contribution < 1.29 is 32.9 Å². The van der Waals surface area contributed by atoms with Crippen LogP contribution in [0.4, 0.5) is 0 Å². The first-order valence-corrected chi connectivity index (χ1v) is 29.6. The number of phosphoric acid groups is 1. The summed E-state index contributed by atoms with van der Waals surface area (Å²) in [5.41, 5.74) is 0. The molecule has 69 heavy (non-hydrogen) atoms. The molecule has 0 radical (unpaired) electrons. The van der Waals surface area contributed by atoms with Crippen molar-refractivity contribution in [2.45, 2.75) is 238 Å². The third-order valence-corrected chi connectivity index (χ3v) is 13.1. The van der Waals surface area contributed by atoms with Crippen molar-refractivity contribution in [3.63, 3.8) is 0 Å². The van der Waals surface area contributed by atoms with E-state index in [2.05, 4.69) is 116 Å². The molecule has 0 spiro atoms. The van der Waals surface area contributed by atoms with Gasteiger partial charge in [0.25, 0.3) is 0 Å². The van der Waals surface area contributed by atoms with Gasteiger partial charge in [-0.1, -0.05) is 239 Å². The van der Waals surface area contributed by atoms with Crippen LogP contribution in [-0.4, -0.2) is 73.4 Å². The first-order chi connectivity index (χ1) is 33.5. The lowest BCUT2D eigenvalue weighted by Gasteiger charge is -2.26. The summed E-state index contributed by atoms with van der Waals surface area (Å²) in [6.07, 6.45) is 71.7. The van der Waals surface area contributed by atoms with E-state index in [9.17, 15) is 19.4 Å². The minimum atomic E-state index is -4.34. The van der Waals surface area contributed by atoms with Gasteiger partial charge in [-0.2, -0.15) is 0 Å². The van der Waals surface area contributed by atoms with Gasteiger partial charge in [-0.05, 0) is 77.0 Å². The summed E-state index contributed by atoms with van der Waals surface area (Å²) >= 11 is 0. The molecule has 9 heteroatoms. The van der Waals surface area contributed by atoms with Gasteiger partial charge in [0.05, 0.1) is 39.9 Å². The molecule has 3 N–H and O–H groups in total. The highest BCUT2D eigenvalue weighted by Gasteiger charge is 2.28. The summed E-state index contributed by atoms with van der Waals surface area (Å²) < 4.78 is 23.7. The zero-order chi connectivity index (χ0) is 50.6. The molecule has 0 aliphatic heterocycles. The number of unbranched alkanes of at least 4 members (excludes halogenated alkanes) is 21. The van der Waals surface area contributed by atoms with Gasteiger partial charge in [0, 0.05) is 6.42 Å². The molecule has 8 nitrogen and oxygen atoms in total. The van der Waals surface area contributed by atoms with Crippen LogP contribution in [-0.2, 0) is 18.4 Å². The largest absolute Gasteiger partial charge is 0.472 e. The molecule has 0 heterocycles. The lowest BCUT2D eigenvalue weighted by atomic mass is 10.0. The van der Waals surface area contributed by atoms with E-state index in [1.807, 2.05) is 21.1 Å². The van der Waals surface area contributed by atoms with Gasteiger partial charge < -0.3 is 19.8 Å². The molecule has 0 aliphatic rings. The normalized spacial score (nSPS) is 14.7. The molecule has 0 aromatic rings. The van der Waals surface area contributed by atoms with Crippen LogP contribution in [0.5, 0.6) is 0 Å². The third kappa shape index (κ3) is 53.1. The number of nitrogens with one attached hydrogen (secondary N) is 1. The molecule has 3 atom stereocenters. The summed E-state index contributed by atoms with van der Waals surface area (Å²) in [7, 11) is 1.59. The second kappa shape index (κ2) is 50.4. The van der Waals surface area contributed by atoms with Gasteiger partial charge in [0.1, 0.15) is 13.2 Å². The average Bonchev–Trinajstić information content (AvgIpc) is 3.31. The van der Waals surface area contributed by atoms with Crippen LogP contribution in [0, 0.1) is 0 Å². The van der Waals surface area contributed by atoms with Crippen LogP contribution in [0.25, 0.3) is 0 Å². The zero-order valence-corrected chi connectivity index (χ0v) is 46.2. The maximum absolute atomic E-state index is 13.0. The molecule has 3 unspecified atom stereocenters. The lowest BCUT2D eigenvalue weighted by Crippen LogP contribution is -2.46. The first-order valence-electron chi connectivity index (χ1n) is 28.1. The maximum Gasteiger partial charge on any atom is 0.472 e. The predicted octanol–water partition coefficient (Wildman–Crippen LogP) is 17.0. The number of carbonyl (C=O) groups is 1. The first kappa shape index (κ1) is 66.4. The number of phosphoric ester groups is 1. The van der Waals surface area contributed by atoms with E-state index >= 15 is 0 Å². The number of hydrogen-bond acceptors (Lipinski definition) is 5. The van der Waals surface area contributed by atoms with Crippen molar-refractivity contribution in [2.24, 2.45) is 0 Å². The van der Waals surface area contributed by atoms with Gasteiger partial charge in [-0.3, -0.25) is 13.8 Å². The Hall–Kier alpha value is -2.58. The number of aliphatic hydroxyl groups is 1. The molecule has 0 bridgehead atoms. The van der Waals surface area contributed by atoms with Crippen LogP contribution in [0.3, 0.4) is 0 Å². The number of amides is 1. The van der Waals surface area contributed by atoms with Crippen LogP contribution >= 0.6 is 7.82 Å². The van der Waals surface area contributed by atoms with Gasteiger partial charge in [-0.15, -0.1) is 0 Å². The van der Waals surface area contributed by atoms with Gasteiger partial charge >= 0.3 is 7.82 Å². The van der Waals surface area contributed by atoms with Crippen molar-refractivity contribution in [1.82, 2.24) is 5.32 Å². The Kier molecular flexibility index (Phi) is 48.5. The molecule has 0 aromatic heterocycles. The van der Waals surface area contributed by atoms with Gasteiger partial charge in [0.15, 0.2) is 0 Å². The van der Waals surface area contributed by atoms with Crippen LogP contribution < -0.4 is 5.32 Å². The maximum atomic E-state index is 13.0. The van der Waals surface area contributed by atoms with E-state index in [4.69, 9.17) is 9.05 Å². The van der Waals surface area contributed by atoms with E-state index in [0.29, 0.717) is 23.9 Å². The summed E-state index contributed by atoms with van der Waals surface area (Å²) in [5, 5.41) is 14.0. The Labute approximate surface area is 426 Å². The van der Waals surface area contributed by atoms with Crippen molar-refractivity contribution in [1.29, 1.82) is 0 Å². The van der Waals surface area contributed by atoms with Crippen molar-refractivity contribution >= 4 is 13.7 Å². The Balaban J connectivity index is 4.29. The molecule has 0 fully saturated rings. The number of quaternary nitrogens is 1. The van der Waals surface area contributed by atoms with Crippen LogP contribution in [0.2, 0.25) is 0 Å². The molecular formula is C60H108N2O6P+. The van der Waals surface area contributed by atoms with Crippen LogP contribution in [0.1, 0.15) is 226 Å². The van der Waals surface area contributed by atoms with E-state index in [1.165, 1.54) is 96.3 Å². The SMILES string of the molecule is CC/C=C\C/C=C\C/C=C\C/C=C\C/C=C\C/C=C\C/C=C\C/C=C\CCCCCCC(=O)NC(COP(=O)(O)OCC[N+](C)(C)C)C(O)CCCCCCCCCCCCCCCCCCCC. The molecule has 0 rings (SSSR count). The van der Waals surface area contributed by atoms with E-state index in [0.717, 1.165) is 103 Å². The highest BCUT2D eigenvalue weighted by Crippen LogP contribution is 2.43. The van der Waals surface area contributed by atoms with Crippen molar-refractivity contribution in [3.05, 3.63) is 97.2 Å². The van der Waals surface area contributed by atoms with E-state index in [-0.39, 0.29) is 19.1 Å².